The van der Waals surface area contributed by atoms with Crippen molar-refractivity contribution in [3.8, 4) is 5.75 Å². The zero-order valence-corrected chi connectivity index (χ0v) is 17.8. The summed E-state index contributed by atoms with van der Waals surface area (Å²) < 4.78 is 16.4. The van der Waals surface area contributed by atoms with Crippen LogP contribution in [0.15, 0.2) is 59.1 Å². The van der Waals surface area contributed by atoms with Crippen LogP contribution in [0.2, 0.25) is 0 Å². The van der Waals surface area contributed by atoms with E-state index >= 15 is 0 Å². The maximum atomic E-state index is 12.3. The highest BCUT2D eigenvalue weighted by molar-refractivity contribution is 6.04. The van der Waals surface area contributed by atoms with E-state index in [1.165, 1.54) is 0 Å². The number of benzene rings is 2. The van der Waals surface area contributed by atoms with Gasteiger partial charge in [0, 0.05) is 30.5 Å². The van der Waals surface area contributed by atoms with Gasteiger partial charge in [-0.25, -0.2) is 0 Å². The monoisotopic (exact) mass is 435 g/mol. The number of rotatable bonds is 8. The van der Waals surface area contributed by atoms with E-state index in [1.807, 2.05) is 19.1 Å². The predicted octanol–water partition coefficient (Wildman–Crippen LogP) is 3.72. The Morgan fingerprint density at radius 2 is 1.88 bits per heavy atom. The largest absolute Gasteiger partial charge is 0.486 e. The lowest BCUT2D eigenvalue weighted by Gasteiger charge is -2.09. The molecule has 2 heterocycles. The Labute approximate surface area is 185 Å². The van der Waals surface area contributed by atoms with Crippen molar-refractivity contribution >= 4 is 17.5 Å². The van der Waals surface area contributed by atoms with Crippen LogP contribution in [0.5, 0.6) is 5.75 Å². The van der Waals surface area contributed by atoms with Crippen LogP contribution in [-0.2, 0) is 11.3 Å². The van der Waals surface area contributed by atoms with Crippen LogP contribution in [0, 0.1) is 6.92 Å². The summed E-state index contributed by atoms with van der Waals surface area (Å²) >= 11 is 0. The van der Waals surface area contributed by atoms with Crippen molar-refractivity contribution in [3.63, 3.8) is 0 Å². The fourth-order valence-electron chi connectivity index (χ4n) is 3.29. The molecule has 0 saturated carbocycles. The predicted molar refractivity (Wildman–Crippen MR) is 118 cm³/mol. The lowest BCUT2D eigenvalue weighted by atomic mass is 10.1. The third-order valence-corrected chi connectivity index (χ3v) is 5.11. The summed E-state index contributed by atoms with van der Waals surface area (Å²) in [5.74, 6) is 0.554. The molecule has 2 aromatic carbocycles. The summed E-state index contributed by atoms with van der Waals surface area (Å²) in [7, 11) is 0. The molecule has 0 spiro atoms. The van der Waals surface area contributed by atoms with Crippen LogP contribution in [0.3, 0.4) is 0 Å². The Kier molecular flexibility index (Phi) is 6.81. The highest BCUT2D eigenvalue weighted by Crippen LogP contribution is 2.18. The molecule has 1 aliphatic rings. The van der Waals surface area contributed by atoms with Gasteiger partial charge in [-0.2, -0.15) is 0 Å². The molecule has 3 aromatic rings. The maximum Gasteiger partial charge on any atom is 0.273 e. The van der Waals surface area contributed by atoms with Gasteiger partial charge in [-0.15, -0.1) is 0 Å². The molecule has 0 radical (unpaired) electrons. The SMILES string of the molecule is Cc1ccc(C(=O)Nc2ccc(OCc3cc(C(=O)NC[C@H]4CCCO4)no3)cc2)cc1. The Balaban J connectivity index is 1.25. The number of amides is 2. The molecule has 8 heteroatoms. The second-order valence-electron chi connectivity index (χ2n) is 7.66. The average molecular weight is 435 g/mol. The van der Waals surface area contributed by atoms with Crippen molar-refractivity contribution in [2.45, 2.75) is 32.5 Å². The van der Waals surface area contributed by atoms with Gasteiger partial charge in [-0.05, 0) is 56.2 Å². The zero-order chi connectivity index (χ0) is 22.3. The van der Waals surface area contributed by atoms with E-state index in [9.17, 15) is 9.59 Å². The molecule has 1 fully saturated rings. The van der Waals surface area contributed by atoms with Crippen molar-refractivity contribution in [2.75, 3.05) is 18.5 Å². The van der Waals surface area contributed by atoms with E-state index in [0.717, 1.165) is 25.0 Å². The quantitative estimate of drug-likeness (QED) is 0.559. The fourth-order valence-corrected chi connectivity index (χ4v) is 3.29. The fraction of sp³-hybridized carbons (Fsp3) is 0.292. The van der Waals surface area contributed by atoms with E-state index in [1.54, 1.807) is 42.5 Å². The first-order valence-corrected chi connectivity index (χ1v) is 10.5. The molecule has 0 bridgehead atoms. The number of anilines is 1. The van der Waals surface area contributed by atoms with Crippen molar-refractivity contribution in [1.82, 2.24) is 10.5 Å². The van der Waals surface area contributed by atoms with Gasteiger partial charge < -0.3 is 24.6 Å². The van der Waals surface area contributed by atoms with Gasteiger partial charge in [0.25, 0.3) is 11.8 Å². The van der Waals surface area contributed by atoms with E-state index in [-0.39, 0.29) is 30.2 Å². The number of carbonyl (C=O) groups is 2. The minimum absolute atomic E-state index is 0.0679. The Morgan fingerprint density at radius 3 is 2.59 bits per heavy atom. The summed E-state index contributed by atoms with van der Waals surface area (Å²) in [5, 5.41) is 9.45. The Bertz CT molecular complexity index is 1050. The van der Waals surface area contributed by atoms with Crippen molar-refractivity contribution < 1.29 is 23.6 Å². The second kappa shape index (κ2) is 10.1. The second-order valence-corrected chi connectivity index (χ2v) is 7.66. The van der Waals surface area contributed by atoms with Gasteiger partial charge in [0.2, 0.25) is 0 Å². The normalized spacial score (nSPS) is 15.3. The van der Waals surface area contributed by atoms with Gasteiger partial charge in [0.1, 0.15) is 12.4 Å². The Morgan fingerprint density at radius 1 is 1.09 bits per heavy atom. The van der Waals surface area contributed by atoms with Gasteiger partial charge in [0.15, 0.2) is 11.5 Å². The molecule has 2 amide bonds. The minimum Gasteiger partial charge on any atom is -0.486 e. The molecule has 32 heavy (non-hydrogen) atoms. The number of carbonyl (C=O) groups excluding carboxylic acids is 2. The summed E-state index contributed by atoms with van der Waals surface area (Å²) in [4.78, 5) is 24.5. The van der Waals surface area contributed by atoms with E-state index in [4.69, 9.17) is 14.0 Å². The first-order valence-electron chi connectivity index (χ1n) is 10.5. The molecule has 1 saturated heterocycles. The van der Waals surface area contributed by atoms with E-state index < -0.39 is 0 Å². The van der Waals surface area contributed by atoms with Crippen molar-refractivity contribution in [2.24, 2.45) is 0 Å². The number of aromatic nitrogens is 1. The summed E-state index contributed by atoms with van der Waals surface area (Å²) in [6.45, 7) is 3.30. The van der Waals surface area contributed by atoms with Crippen LogP contribution in [-0.4, -0.2) is 36.2 Å². The zero-order valence-electron chi connectivity index (χ0n) is 17.8. The minimum atomic E-state index is -0.302. The van der Waals surface area contributed by atoms with E-state index in [2.05, 4.69) is 15.8 Å². The van der Waals surface area contributed by atoms with Crippen LogP contribution >= 0.6 is 0 Å². The number of ether oxygens (including phenoxy) is 2. The van der Waals surface area contributed by atoms with Crippen LogP contribution in [0.4, 0.5) is 5.69 Å². The van der Waals surface area contributed by atoms with Crippen molar-refractivity contribution in [3.05, 3.63) is 77.2 Å². The molecule has 1 atom stereocenters. The molecule has 0 unspecified atom stereocenters. The molecule has 0 aliphatic carbocycles. The highest BCUT2D eigenvalue weighted by atomic mass is 16.5. The lowest BCUT2D eigenvalue weighted by molar-refractivity contribution is 0.0850. The highest BCUT2D eigenvalue weighted by Gasteiger charge is 2.18. The van der Waals surface area contributed by atoms with Gasteiger partial charge in [-0.3, -0.25) is 9.59 Å². The molecular weight excluding hydrogens is 410 g/mol. The Hall–Kier alpha value is -3.65. The number of aryl methyl sites for hydroxylation is 1. The van der Waals surface area contributed by atoms with Gasteiger partial charge in [0.05, 0.1) is 6.10 Å². The number of nitrogens with one attached hydrogen (secondary N) is 2. The number of nitrogens with zero attached hydrogens (tertiary/aromatic N) is 1. The standard InChI is InChI=1S/C24H25N3O5/c1-16-4-6-17(7-5-16)23(28)26-18-8-10-19(11-9-18)31-15-21-13-22(27-32-21)24(29)25-14-20-3-2-12-30-20/h4-11,13,20H,2-3,12,14-15H2,1H3,(H,25,29)(H,26,28)/t20-/m1/s1. The summed E-state index contributed by atoms with van der Waals surface area (Å²) in [6, 6.07) is 15.9. The molecule has 8 nitrogen and oxygen atoms in total. The molecule has 166 valence electrons. The van der Waals surface area contributed by atoms with E-state index in [0.29, 0.717) is 29.3 Å². The van der Waals surface area contributed by atoms with Crippen molar-refractivity contribution in [1.29, 1.82) is 0 Å². The average Bonchev–Trinajstić information content (AvgIpc) is 3.50. The third-order valence-electron chi connectivity index (χ3n) is 5.11. The molecule has 4 rings (SSSR count). The maximum absolute atomic E-state index is 12.3. The smallest absolute Gasteiger partial charge is 0.273 e. The van der Waals surface area contributed by atoms with Crippen LogP contribution < -0.4 is 15.4 Å². The number of hydrogen-bond acceptors (Lipinski definition) is 6. The number of hydrogen-bond donors (Lipinski definition) is 2. The lowest BCUT2D eigenvalue weighted by Crippen LogP contribution is -2.31. The van der Waals surface area contributed by atoms with Gasteiger partial charge >= 0.3 is 0 Å². The topological polar surface area (TPSA) is 103 Å². The third kappa shape index (κ3) is 5.73. The molecule has 1 aromatic heterocycles. The van der Waals surface area contributed by atoms with Crippen LogP contribution in [0.25, 0.3) is 0 Å². The molecular formula is C24H25N3O5. The summed E-state index contributed by atoms with van der Waals surface area (Å²) in [5.41, 5.74) is 2.56. The van der Waals surface area contributed by atoms with Crippen LogP contribution in [0.1, 0.15) is 45.0 Å². The molecule has 2 N–H and O–H groups in total. The van der Waals surface area contributed by atoms with Gasteiger partial charge in [-0.1, -0.05) is 22.9 Å². The molecule has 1 aliphatic heterocycles. The summed E-state index contributed by atoms with van der Waals surface area (Å²) in [6.07, 6.45) is 2.04. The first kappa shape index (κ1) is 21.6. The first-order chi connectivity index (χ1) is 15.6.